The van der Waals surface area contributed by atoms with Gasteiger partial charge in [0.15, 0.2) is 0 Å². The predicted molar refractivity (Wildman–Crippen MR) is 121 cm³/mol. The molecule has 3 aliphatic rings. The smallest absolute Gasteiger partial charge is 0.321 e. The van der Waals surface area contributed by atoms with Crippen LogP contribution in [-0.2, 0) is 18.1 Å². The van der Waals surface area contributed by atoms with Crippen LogP contribution in [0.5, 0.6) is 0 Å². The van der Waals surface area contributed by atoms with Gasteiger partial charge in [-0.25, -0.2) is 4.58 Å². The minimum Gasteiger partial charge on any atom is -0.321 e. The molecule has 3 N–H and O–H groups in total. The number of benzene rings is 2. The molecular weight excluding hydrogens is 445 g/mol. The van der Waals surface area contributed by atoms with Gasteiger partial charge in [0.25, 0.3) is 5.91 Å². The van der Waals surface area contributed by atoms with E-state index in [9.17, 15) is 22.8 Å². The van der Waals surface area contributed by atoms with E-state index in [1.165, 1.54) is 11.0 Å². The van der Waals surface area contributed by atoms with Crippen LogP contribution >= 0.6 is 0 Å². The number of hydrogen-bond donors (Lipinski definition) is 2. The quantitative estimate of drug-likeness (QED) is 0.299. The van der Waals surface area contributed by atoms with E-state index >= 15 is 0 Å². The lowest BCUT2D eigenvalue weighted by molar-refractivity contribution is -0.368. The number of nitrogens with one attached hydrogen (secondary N) is 1. The Morgan fingerprint density at radius 2 is 1.91 bits per heavy atom. The van der Waals surface area contributed by atoms with Crippen LogP contribution in [0.15, 0.2) is 36.4 Å². The number of carbonyl (C=O) groups excluding carboxylic acids is 2. The number of halogens is 3. The highest BCUT2D eigenvalue weighted by molar-refractivity contribution is 6.11. The summed E-state index contributed by atoms with van der Waals surface area (Å²) < 4.78 is 42.6. The molecule has 2 saturated carbocycles. The largest absolute Gasteiger partial charge is 0.416 e. The Morgan fingerprint density at radius 1 is 1.21 bits per heavy atom. The van der Waals surface area contributed by atoms with E-state index in [1.54, 1.807) is 23.8 Å². The Labute approximate surface area is 194 Å². The molecule has 2 fully saturated rings. The maximum absolute atomic E-state index is 13.7. The molecule has 0 unspecified atom stereocenters. The standard InChI is InChI=1S/C25H23F3N4O2/c1-31(14-29)22(30)24(12-23(13-24)5-6-23)16-3-2-4-17(9-16)32-10-19-18(21(32)34)7-15(11-33)8-20(19)25(26,27)28/h2-4,7-9,11,14,29-30H,5-6,10,12-13H2,1H3/p+1. The lowest BCUT2D eigenvalue weighted by Gasteiger charge is -2.47. The fourth-order valence-corrected chi connectivity index (χ4v) is 5.63. The van der Waals surface area contributed by atoms with Gasteiger partial charge in [0.2, 0.25) is 12.2 Å². The number of carbonyl (C=O) groups is 2. The number of anilines is 1. The van der Waals surface area contributed by atoms with Crippen molar-refractivity contribution in [1.82, 2.24) is 0 Å². The van der Waals surface area contributed by atoms with Crippen molar-refractivity contribution in [3.05, 3.63) is 64.2 Å². The lowest BCUT2D eigenvalue weighted by atomic mass is 9.55. The average molecular weight is 469 g/mol. The molecule has 9 heteroatoms. The number of rotatable bonds is 5. The maximum atomic E-state index is 13.7. The predicted octanol–water partition coefficient (Wildman–Crippen LogP) is 4.10. The van der Waals surface area contributed by atoms with E-state index in [-0.39, 0.29) is 28.7 Å². The topological polar surface area (TPSA) is 90.3 Å². The summed E-state index contributed by atoms with van der Waals surface area (Å²) in [5, 5.41) is 7.61. The number of alkyl halides is 3. The highest BCUT2D eigenvalue weighted by Crippen LogP contribution is 2.69. The summed E-state index contributed by atoms with van der Waals surface area (Å²) in [6, 6.07) is 9.22. The fraction of sp³-hybridized carbons (Fsp3) is 0.360. The Morgan fingerprint density at radius 3 is 2.50 bits per heavy atom. The van der Waals surface area contributed by atoms with Gasteiger partial charge in [-0.05, 0) is 66.5 Å². The van der Waals surface area contributed by atoms with Crippen LogP contribution in [0.2, 0.25) is 0 Å². The third-order valence-electron chi connectivity index (χ3n) is 7.59. The molecule has 0 aromatic heterocycles. The van der Waals surface area contributed by atoms with Crippen LogP contribution in [0.4, 0.5) is 18.9 Å². The third-order valence-corrected chi connectivity index (χ3v) is 7.59. The van der Waals surface area contributed by atoms with Crippen molar-refractivity contribution < 1.29 is 27.3 Å². The van der Waals surface area contributed by atoms with Crippen molar-refractivity contribution in [3.63, 3.8) is 0 Å². The van der Waals surface area contributed by atoms with Crippen LogP contribution in [-0.4, -0.2) is 36.0 Å². The summed E-state index contributed by atoms with van der Waals surface area (Å²) in [5.41, 5.74) is 6.26. The second kappa shape index (κ2) is 7.25. The summed E-state index contributed by atoms with van der Waals surface area (Å²) in [4.78, 5) is 25.7. The summed E-state index contributed by atoms with van der Waals surface area (Å²) in [5.74, 6) is -0.0283. The first-order valence-electron chi connectivity index (χ1n) is 11.0. The fourth-order valence-electron chi connectivity index (χ4n) is 5.63. The van der Waals surface area contributed by atoms with Crippen LogP contribution < -0.4 is 10.6 Å². The Bertz CT molecular complexity index is 1270. The maximum Gasteiger partial charge on any atom is 0.416 e. The number of hydrogen-bond acceptors (Lipinski definition) is 3. The van der Waals surface area contributed by atoms with Crippen molar-refractivity contribution in [2.75, 3.05) is 11.9 Å². The Balaban J connectivity index is 1.56. The highest BCUT2D eigenvalue weighted by Gasteiger charge is 2.64. The molecule has 2 aliphatic carbocycles. The molecule has 0 atom stereocenters. The monoisotopic (exact) mass is 469 g/mol. The average Bonchev–Trinajstić information content (AvgIpc) is 3.52. The van der Waals surface area contributed by atoms with Crippen molar-refractivity contribution in [3.8, 4) is 0 Å². The SMILES string of the molecule is C[N+](C=N)=C(N)C1(c2cccc(N3Cc4c(cc(C=O)cc4C(F)(F)F)C3=O)c2)CC2(CC2)C1. The van der Waals surface area contributed by atoms with Gasteiger partial charge >= 0.3 is 6.18 Å². The summed E-state index contributed by atoms with van der Waals surface area (Å²) in [7, 11) is 1.72. The number of aldehydes is 1. The van der Waals surface area contributed by atoms with E-state index in [0.29, 0.717) is 17.8 Å². The van der Waals surface area contributed by atoms with E-state index in [2.05, 4.69) is 0 Å². The van der Waals surface area contributed by atoms with Gasteiger partial charge in [0.1, 0.15) is 6.29 Å². The molecule has 5 rings (SSSR count). The van der Waals surface area contributed by atoms with E-state index in [1.807, 2.05) is 12.1 Å². The molecular formula is C25H24F3N4O2+. The van der Waals surface area contributed by atoms with Crippen molar-refractivity contribution in [2.24, 2.45) is 11.1 Å². The zero-order valence-electron chi connectivity index (χ0n) is 18.6. The van der Waals surface area contributed by atoms with Gasteiger partial charge in [0.05, 0.1) is 24.6 Å². The van der Waals surface area contributed by atoms with Crippen LogP contribution in [0.25, 0.3) is 0 Å². The van der Waals surface area contributed by atoms with E-state index in [0.717, 1.165) is 43.7 Å². The summed E-state index contributed by atoms with van der Waals surface area (Å²) in [6.45, 7) is -0.234. The van der Waals surface area contributed by atoms with E-state index < -0.39 is 23.1 Å². The number of amidine groups is 1. The van der Waals surface area contributed by atoms with Gasteiger partial charge in [-0.2, -0.15) is 18.6 Å². The van der Waals surface area contributed by atoms with Crippen LogP contribution in [0.1, 0.15) is 63.1 Å². The molecule has 1 amide bonds. The summed E-state index contributed by atoms with van der Waals surface area (Å²) in [6.07, 6.45) is 0.730. The molecule has 0 radical (unpaired) electrons. The highest BCUT2D eigenvalue weighted by atomic mass is 19.4. The van der Waals surface area contributed by atoms with Gasteiger partial charge in [-0.15, -0.1) is 0 Å². The van der Waals surface area contributed by atoms with Gasteiger partial charge < -0.3 is 10.6 Å². The van der Waals surface area contributed by atoms with Crippen LogP contribution in [0, 0.1) is 10.8 Å². The zero-order valence-corrected chi connectivity index (χ0v) is 18.6. The van der Waals surface area contributed by atoms with Crippen molar-refractivity contribution in [2.45, 2.75) is 43.8 Å². The molecule has 1 aliphatic heterocycles. The molecule has 0 saturated heterocycles. The normalized spacial score (nSPS) is 20.5. The molecule has 176 valence electrons. The first kappa shape index (κ1) is 22.3. The molecule has 34 heavy (non-hydrogen) atoms. The Hall–Kier alpha value is -3.49. The summed E-state index contributed by atoms with van der Waals surface area (Å²) >= 11 is 0. The minimum atomic E-state index is -4.68. The van der Waals surface area contributed by atoms with E-state index in [4.69, 9.17) is 11.1 Å². The molecule has 1 heterocycles. The Kier molecular flexibility index (Phi) is 4.76. The zero-order chi connectivity index (χ0) is 24.5. The first-order chi connectivity index (χ1) is 16.0. The van der Waals surface area contributed by atoms with Gasteiger partial charge in [-0.1, -0.05) is 12.1 Å². The number of nitrogens with two attached hydrogens (primary N) is 1. The van der Waals surface area contributed by atoms with Crippen LogP contribution in [0.3, 0.4) is 0 Å². The lowest BCUT2D eigenvalue weighted by Crippen LogP contribution is -2.55. The second-order valence-corrected chi connectivity index (χ2v) is 9.71. The van der Waals surface area contributed by atoms with Crippen molar-refractivity contribution in [1.29, 1.82) is 5.41 Å². The molecule has 2 aromatic rings. The molecule has 0 bridgehead atoms. The third kappa shape index (κ3) is 3.25. The minimum absolute atomic E-state index is 0.104. The number of fused-ring (bicyclic) bond motifs is 1. The number of nitrogens with zero attached hydrogens (tertiary/aromatic N) is 2. The number of amides is 1. The van der Waals surface area contributed by atoms with Gasteiger partial charge in [-0.3, -0.25) is 9.59 Å². The molecule has 1 spiro atoms. The second-order valence-electron chi connectivity index (χ2n) is 9.71. The molecule has 2 aromatic carbocycles. The first-order valence-corrected chi connectivity index (χ1v) is 11.0. The van der Waals surface area contributed by atoms with Crippen molar-refractivity contribution >= 4 is 30.1 Å². The van der Waals surface area contributed by atoms with Gasteiger partial charge in [0, 0.05) is 16.8 Å². The molecule has 6 nitrogen and oxygen atoms in total.